The van der Waals surface area contributed by atoms with E-state index in [0.29, 0.717) is 6.54 Å². The summed E-state index contributed by atoms with van der Waals surface area (Å²) in [6.45, 7) is 0.581. The van der Waals surface area contributed by atoms with Crippen LogP contribution < -0.4 is 0 Å². The number of hydrogen-bond donors (Lipinski definition) is 0. The third-order valence-electron chi connectivity index (χ3n) is 1.05. The molecule has 50 valence electrons. The summed E-state index contributed by atoms with van der Waals surface area (Å²) >= 11 is 4.41. The number of isothiocyanates is 1. The van der Waals surface area contributed by atoms with Crippen LogP contribution in [0, 0.1) is 0 Å². The largest absolute Gasteiger partial charge is 0.264 e. The molecule has 0 unspecified atom stereocenters. The van der Waals surface area contributed by atoms with E-state index in [9.17, 15) is 0 Å². The Morgan fingerprint density at radius 3 is 3.20 bits per heavy atom. The summed E-state index contributed by atoms with van der Waals surface area (Å²) in [4.78, 5) is 7.68. The van der Waals surface area contributed by atoms with Gasteiger partial charge < -0.3 is 0 Å². The van der Waals surface area contributed by atoms with Gasteiger partial charge in [-0.25, -0.2) is 4.99 Å². The van der Waals surface area contributed by atoms with E-state index in [2.05, 4.69) is 27.4 Å². The van der Waals surface area contributed by atoms with Crippen molar-refractivity contribution in [3.8, 4) is 0 Å². The molecule has 1 rings (SSSR count). The van der Waals surface area contributed by atoms with Crippen molar-refractivity contribution in [1.29, 1.82) is 0 Å². The zero-order valence-corrected chi connectivity index (χ0v) is 6.14. The lowest BCUT2D eigenvalue weighted by atomic mass is 10.3. The van der Waals surface area contributed by atoms with E-state index in [0.717, 1.165) is 5.56 Å². The van der Waals surface area contributed by atoms with Gasteiger partial charge in [-0.1, -0.05) is 6.07 Å². The van der Waals surface area contributed by atoms with Crippen molar-refractivity contribution in [2.24, 2.45) is 4.99 Å². The van der Waals surface area contributed by atoms with Gasteiger partial charge >= 0.3 is 0 Å². The molecule has 0 saturated heterocycles. The molecule has 0 fully saturated rings. The average Bonchev–Trinajstić information content (AvgIpc) is 2.03. The number of hydrogen-bond acceptors (Lipinski definition) is 3. The molecule has 0 aromatic carbocycles. The van der Waals surface area contributed by atoms with Crippen LogP contribution in [0.15, 0.2) is 29.5 Å². The quantitative estimate of drug-likeness (QED) is 0.473. The summed E-state index contributed by atoms with van der Waals surface area (Å²) in [5.74, 6) is 0. The molecule has 0 atom stereocenters. The van der Waals surface area contributed by atoms with Crippen LogP contribution in [0.1, 0.15) is 5.56 Å². The van der Waals surface area contributed by atoms with Gasteiger partial charge in [0.1, 0.15) is 0 Å². The average molecular weight is 150 g/mol. The number of aromatic nitrogens is 1. The standard InChI is InChI=1S/C7H6N2S/c10-6-9-5-7-2-1-3-8-4-7/h1-4H,5H2. The van der Waals surface area contributed by atoms with E-state index in [1.165, 1.54) is 0 Å². The van der Waals surface area contributed by atoms with Crippen molar-refractivity contribution >= 4 is 17.4 Å². The summed E-state index contributed by atoms with van der Waals surface area (Å²) in [6, 6.07) is 3.82. The Bertz CT molecular complexity index is 239. The van der Waals surface area contributed by atoms with Crippen molar-refractivity contribution in [3.63, 3.8) is 0 Å². The molecular weight excluding hydrogens is 144 g/mol. The summed E-state index contributed by atoms with van der Waals surface area (Å²) in [6.07, 6.45) is 3.49. The van der Waals surface area contributed by atoms with Crippen LogP contribution in [-0.4, -0.2) is 10.1 Å². The lowest BCUT2D eigenvalue weighted by Gasteiger charge is -1.89. The number of aliphatic imine (C=N–C) groups is 1. The molecule has 0 saturated carbocycles. The van der Waals surface area contributed by atoms with Crippen LogP contribution in [0.3, 0.4) is 0 Å². The van der Waals surface area contributed by atoms with Crippen molar-refractivity contribution in [2.45, 2.75) is 6.54 Å². The lowest BCUT2D eigenvalue weighted by molar-refractivity contribution is 1.06. The van der Waals surface area contributed by atoms with Gasteiger partial charge in [0.2, 0.25) is 0 Å². The molecule has 0 bridgehead atoms. The van der Waals surface area contributed by atoms with Gasteiger partial charge in [-0.3, -0.25) is 4.98 Å². The maximum absolute atomic E-state index is 4.41. The number of rotatable bonds is 2. The summed E-state index contributed by atoms with van der Waals surface area (Å²) in [7, 11) is 0. The molecule has 1 aromatic rings. The first kappa shape index (κ1) is 7.06. The van der Waals surface area contributed by atoms with Crippen molar-refractivity contribution in [2.75, 3.05) is 0 Å². The third kappa shape index (κ3) is 2.05. The molecule has 0 N–H and O–H groups in total. The van der Waals surface area contributed by atoms with Crippen LogP contribution >= 0.6 is 12.2 Å². The Labute approximate surface area is 64.6 Å². The SMILES string of the molecule is S=C=NCc1cccnc1. The van der Waals surface area contributed by atoms with E-state index in [-0.39, 0.29) is 0 Å². The van der Waals surface area contributed by atoms with Gasteiger partial charge in [-0.15, -0.1) is 0 Å². The van der Waals surface area contributed by atoms with Crippen molar-refractivity contribution in [1.82, 2.24) is 4.98 Å². The van der Waals surface area contributed by atoms with Crippen LogP contribution in [0.25, 0.3) is 0 Å². The fraction of sp³-hybridized carbons (Fsp3) is 0.143. The zero-order valence-electron chi connectivity index (χ0n) is 5.32. The first-order chi connectivity index (χ1) is 4.93. The monoisotopic (exact) mass is 150 g/mol. The minimum absolute atomic E-state index is 0.581. The van der Waals surface area contributed by atoms with Gasteiger partial charge in [0.15, 0.2) is 0 Å². The van der Waals surface area contributed by atoms with Gasteiger partial charge in [-0.2, -0.15) is 0 Å². The van der Waals surface area contributed by atoms with Crippen LogP contribution in [-0.2, 0) is 6.54 Å². The minimum Gasteiger partial charge on any atom is -0.264 e. The molecule has 1 heterocycles. The molecule has 0 aliphatic rings. The molecule has 0 amide bonds. The number of pyridine rings is 1. The van der Waals surface area contributed by atoms with Crippen molar-refractivity contribution in [3.05, 3.63) is 30.1 Å². The maximum Gasteiger partial charge on any atom is 0.0758 e. The highest BCUT2D eigenvalue weighted by Gasteiger charge is 1.85. The second-order valence-electron chi connectivity index (χ2n) is 1.77. The van der Waals surface area contributed by atoms with E-state index < -0.39 is 0 Å². The van der Waals surface area contributed by atoms with Crippen LogP contribution in [0.2, 0.25) is 0 Å². The van der Waals surface area contributed by atoms with Gasteiger partial charge in [0.25, 0.3) is 0 Å². The molecule has 2 nitrogen and oxygen atoms in total. The predicted molar refractivity (Wildman–Crippen MR) is 43.0 cm³/mol. The maximum atomic E-state index is 4.41. The Morgan fingerprint density at radius 2 is 2.60 bits per heavy atom. The highest BCUT2D eigenvalue weighted by Crippen LogP contribution is 1.95. The van der Waals surface area contributed by atoms with Crippen LogP contribution in [0.4, 0.5) is 0 Å². The van der Waals surface area contributed by atoms with Gasteiger partial charge in [0.05, 0.1) is 11.7 Å². The second-order valence-corrected chi connectivity index (χ2v) is 1.95. The Kier molecular flexibility index (Phi) is 2.74. The van der Waals surface area contributed by atoms with E-state index >= 15 is 0 Å². The molecule has 0 spiro atoms. The third-order valence-corrected chi connectivity index (χ3v) is 1.18. The first-order valence-electron chi connectivity index (χ1n) is 2.86. The number of nitrogens with zero attached hydrogens (tertiary/aromatic N) is 2. The normalized spacial score (nSPS) is 8.40. The molecule has 0 radical (unpaired) electrons. The second kappa shape index (κ2) is 3.88. The highest BCUT2D eigenvalue weighted by atomic mass is 32.1. The summed E-state index contributed by atoms with van der Waals surface area (Å²) < 4.78 is 0. The first-order valence-corrected chi connectivity index (χ1v) is 3.27. The molecular formula is C7H6N2S. The molecule has 0 aliphatic carbocycles. The molecule has 3 heteroatoms. The molecule has 0 aliphatic heterocycles. The van der Waals surface area contributed by atoms with E-state index in [4.69, 9.17) is 0 Å². The summed E-state index contributed by atoms with van der Waals surface area (Å²) in [5.41, 5.74) is 1.06. The van der Waals surface area contributed by atoms with Gasteiger partial charge in [0, 0.05) is 12.4 Å². The van der Waals surface area contributed by atoms with Crippen molar-refractivity contribution < 1.29 is 0 Å². The smallest absolute Gasteiger partial charge is 0.0758 e. The minimum atomic E-state index is 0.581. The molecule has 10 heavy (non-hydrogen) atoms. The summed E-state index contributed by atoms with van der Waals surface area (Å²) in [5, 5.41) is 2.30. The Morgan fingerprint density at radius 1 is 1.70 bits per heavy atom. The van der Waals surface area contributed by atoms with E-state index in [1.54, 1.807) is 12.4 Å². The fourth-order valence-corrected chi connectivity index (χ4v) is 0.680. The zero-order chi connectivity index (χ0) is 7.23. The predicted octanol–water partition coefficient (Wildman–Crippen LogP) is 1.68. The van der Waals surface area contributed by atoms with Crippen LogP contribution in [0.5, 0.6) is 0 Å². The Balaban J connectivity index is 2.67. The van der Waals surface area contributed by atoms with E-state index in [1.807, 2.05) is 12.1 Å². The topological polar surface area (TPSA) is 25.2 Å². The lowest BCUT2D eigenvalue weighted by Crippen LogP contribution is -1.80. The Hall–Kier alpha value is -1.05. The number of thiocarbonyl (C=S) groups is 1. The fourth-order valence-electron chi connectivity index (χ4n) is 0.615. The van der Waals surface area contributed by atoms with Gasteiger partial charge in [-0.05, 0) is 23.8 Å². The highest BCUT2D eigenvalue weighted by molar-refractivity contribution is 7.78. The molecule has 1 aromatic heterocycles.